The minimum atomic E-state index is -1.35. The van der Waals surface area contributed by atoms with E-state index in [1.165, 1.54) is 38.5 Å². The normalized spacial score (nSPS) is 51.7. The molecule has 0 aromatic rings. The van der Waals surface area contributed by atoms with Crippen molar-refractivity contribution in [3.63, 3.8) is 0 Å². The lowest BCUT2D eigenvalue weighted by molar-refractivity contribution is 0.0672. The molecule has 3 aliphatic rings. The van der Waals surface area contributed by atoms with Crippen LogP contribution in [0.1, 0.15) is 89.4 Å². The lowest BCUT2D eigenvalue weighted by Gasteiger charge is -2.45. The van der Waals surface area contributed by atoms with E-state index in [1.54, 1.807) is 0 Å². The van der Waals surface area contributed by atoms with Gasteiger partial charge in [-0.25, -0.2) is 0 Å². The van der Waals surface area contributed by atoms with E-state index in [0.717, 1.165) is 18.3 Å². The van der Waals surface area contributed by atoms with Crippen LogP contribution in [-0.2, 0) is 0 Å². The molecule has 0 spiro atoms. The molecule has 0 heteroatoms. The van der Waals surface area contributed by atoms with Crippen LogP contribution >= 0.6 is 0 Å². The minimum absolute atomic E-state index is 0.233. The van der Waals surface area contributed by atoms with Gasteiger partial charge in [-0.05, 0) is 86.9 Å². The second-order valence-corrected chi connectivity index (χ2v) is 7.82. The second kappa shape index (κ2) is 7.34. The van der Waals surface area contributed by atoms with Crippen molar-refractivity contribution < 1.29 is 5.48 Å². The molecule has 0 heterocycles. The highest BCUT2D eigenvalue weighted by Gasteiger charge is 2.38. The highest BCUT2D eigenvalue weighted by molar-refractivity contribution is 4.93. The van der Waals surface area contributed by atoms with E-state index >= 15 is 0 Å². The summed E-state index contributed by atoms with van der Waals surface area (Å²) in [5.41, 5.74) is 0. The molecule has 0 amide bonds. The zero-order valence-electron chi connectivity index (χ0n) is 17.8. The Kier molecular flexibility index (Phi) is 3.95. The van der Waals surface area contributed by atoms with Gasteiger partial charge in [-0.15, -0.1) is 6.58 Å². The standard InChI is InChI=1S/C21H36/c1-3-5-17-7-9-18(10-8-17)20-13-12-19-14-16(4-2)6-11-21(19)15-20/h4,16-21H,2-3,5-15H2,1H3/i7D2,8D2. The number of rotatable bonds is 4. The average molecular weight is 293 g/mol. The van der Waals surface area contributed by atoms with Crippen molar-refractivity contribution in [2.45, 2.75) is 83.9 Å². The Hall–Kier alpha value is -0.260. The highest BCUT2D eigenvalue weighted by atomic mass is 14.4. The summed E-state index contributed by atoms with van der Waals surface area (Å²) >= 11 is 0. The van der Waals surface area contributed by atoms with Gasteiger partial charge in [0.15, 0.2) is 0 Å². The number of hydrogen-bond donors (Lipinski definition) is 0. The Morgan fingerprint density at radius 1 is 0.905 bits per heavy atom. The van der Waals surface area contributed by atoms with Crippen molar-refractivity contribution >= 4 is 0 Å². The summed E-state index contributed by atoms with van der Waals surface area (Å²) in [5, 5.41) is 0. The first kappa shape index (κ1) is 11.3. The number of fused-ring (bicyclic) bond motifs is 1. The van der Waals surface area contributed by atoms with Crippen LogP contribution in [-0.4, -0.2) is 0 Å². The summed E-state index contributed by atoms with van der Waals surface area (Å²) in [7, 11) is 0. The van der Waals surface area contributed by atoms with Gasteiger partial charge in [-0.2, -0.15) is 0 Å². The Morgan fingerprint density at radius 3 is 2.19 bits per heavy atom. The van der Waals surface area contributed by atoms with Gasteiger partial charge in [0.25, 0.3) is 0 Å². The zero-order chi connectivity index (χ0) is 18.2. The molecule has 0 aromatic carbocycles. The summed E-state index contributed by atoms with van der Waals surface area (Å²) in [6.45, 7) is 6.02. The molecule has 3 fully saturated rings. The predicted octanol–water partition coefficient (Wildman–Crippen LogP) is 6.61. The first-order valence-corrected chi connectivity index (χ1v) is 9.39. The fourth-order valence-corrected chi connectivity index (χ4v) is 5.16. The molecule has 3 saturated carbocycles. The van der Waals surface area contributed by atoms with Gasteiger partial charge in [0.05, 0.1) is 0 Å². The van der Waals surface area contributed by atoms with Crippen molar-refractivity contribution in [1.29, 1.82) is 0 Å². The van der Waals surface area contributed by atoms with Crippen molar-refractivity contribution in [1.82, 2.24) is 0 Å². The third-order valence-corrected chi connectivity index (χ3v) is 6.52. The quantitative estimate of drug-likeness (QED) is 0.511. The molecule has 0 saturated heterocycles. The van der Waals surface area contributed by atoms with Crippen molar-refractivity contribution in [2.75, 3.05) is 0 Å². The summed E-state index contributed by atoms with van der Waals surface area (Å²) in [4.78, 5) is 0. The van der Waals surface area contributed by atoms with Crippen LogP contribution in [0.15, 0.2) is 12.7 Å². The fourth-order valence-electron chi connectivity index (χ4n) is 5.16. The smallest absolute Gasteiger partial charge is 0.0269 e. The fraction of sp³-hybridized carbons (Fsp3) is 0.905. The third-order valence-electron chi connectivity index (χ3n) is 6.52. The van der Waals surface area contributed by atoms with Crippen molar-refractivity contribution in [3.8, 4) is 0 Å². The maximum Gasteiger partial charge on any atom is 0.0269 e. The average Bonchev–Trinajstić information content (AvgIpc) is 2.56. The first-order valence-electron chi connectivity index (χ1n) is 11.4. The molecule has 0 radical (unpaired) electrons. The lowest BCUT2D eigenvalue weighted by Crippen LogP contribution is -2.34. The highest BCUT2D eigenvalue weighted by Crippen LogP contribution is 2.49. The molecular formula is C21H36. The van der Waals surface area contributed by atoms with Crippen LogP contribution in [0.25, 0.3) is 0 Å². The largest absolute Gasteiger partial charge is 0.103 e. The summed E-state index contributed by atoms with van der Waals surface area (Å²) < 4.78 is 34.2. The molecule has 0 bridgehead atoms. The van der Waals surface area contributed by atoms with Crippen LogP contribution in [0.2, 0.25) is 0 Å². The van der Waals surface area contributed by atoms with E-state index in [2.05, 4.69) is 12.7 Å². The molecule has 3 aliphatic carbocycles. The monoisotopic (exact) mass is 292 g/mol. The SMILES string of the molecule is [2H]C1([2H])CC(C2CCC3CC(C=C)CCC3C2)CC([2H])([2H])C1CCC. The van der Waals surface area contributed by atoms with Gasteiger partial charge in [0.2, 0.25) is 0 Å². The van der Waals surface area contributed by atoms with E-state index in [9.17, 15) is 0 Å². The molecule has 21 heavy (non-hydrogen) atoms. The molecule has 0 aliphatic heterocycles. The van der Waals surface area contributed by atoms with Gasteiger partial charge >= 0.3 is 0 Å². The van der Waals surface area contributed by atoms with E-state index in [-0.39, 0.29) is 5.92 Å². The maximum absolute atomic E-state index is 8.54. The van der Waals surface area contributed by atoms with Gasteiger partial charge in [-0.1, -0.05) is 38.6 Å². The van der Waals surface area contributed by atoms with E-state index in [1.807, 2.05) is 6.92 Å². The molecule has 120 valence electrons. The van der Waals surface area contributed by atoms with Crippen LogP contribution in [0, 0.1) is 35.5 Å². The van der Waals surface area contributed by atoms with Gasteiger partial charge in [0, 0.05) is 5.48 Å². The summed E-state index contributed by atoms with van der Waals surface area (Å²) in [5.74, 6) is 2.66. The third kappa shape index (κ3) is 3.74. The van der Waals surface area contributed by atoms with Crippen molar-refractivity contribution in [3.05, 3.63) is 12.7 Å². The van der Waals surface area contributed by atoms with Crippen LogP contribution in [0.4, 0.5) is 0 Å². The van der Waals surface area contributed by atoms with Gasteiger partial charge in [0.1, 0.15) is 0 Å². The van der Waals surface area contributed by atoms with E-state index < -0.39 is 18.7 Å². The van der Waals surface area contributed by atoms with Crippen molar-refractivity contribution in [2.24, 2.45) is 35.5 Å². The molecular weight excluding hydrogens is 252 g/mol. The molecule has 4 unspecified atom stereocenters. The topological polar surface area (TPSA) is 0 Å². The molecule has 0 nitrogen and oxygen atoms in total. The van der Waals surface area contributed by atoms with Crippen LogP contribution < -0.4 is 0 Å². The predicted molar refractivity (Wildman–Crippen MR) is 92.2 cm³/mol. The summed E-state index contributed by atoms with van der Waals surface area (Å²) in [6, 6.07) is 0. The lowest BCUT2D eigenvalue weighted by atomic mass is 9.61. The van der Waals surface area contributed by atoms with Gasteiger partial charge in [-0.3, -0.25) is 0 Å². The Labute approximate surface area is 138 Å². The molecule has 0 N–H and O–H groups in total. The van der Waals surface area contributed by atoms with Gasteiger partial charge < -0.3 is 0 Å². The first-order chi connectivity index (χ1) is 11.8. The minimum Gasteiger partial charge on any atom is -0.103 e. The molecule has 4 atom stereocenters. The number of hydrogen-bond acceptors (Lipinski definition) is 0. The summed E-state index contributed by atoms with van der Waals surface area (Å²) in [6.07, 6.45) is 9.65. The number of allylic oxidation sites excluding steroid dienone is 1. The van der Waals surface area contributed by atoms with E-state index in [0.29, 0.717) is 31.1 Å². The maximum atomic E-state index is 8.54. The molecule has 3 rings (SSSR count). The van der Waals surface area contributed by atoms with E-state index in [4.69, 9.17) is 5.48 Å². The zero-order valence-corrected chi connectivity index (χ0v) is 13.8. The van der Waals surface area contributed by atoms with Crippen LogP contribution in [0.3, 0.4) is 0 Å². The van der Waals surface area contributed by atoms with Crippen LogP contribution in [0.5, 0.6) is 0 Å². The Bertz CT molecular complexity index is 455. The molecule has 0 aromatic heterocycles. The Balaban J connectivity index is 1.66. The Morgan fingerprint density at radius 2 is 1.52 bits per heavy atom. The second-order valence-electron chi connectivity index (χ2n) is 7.82.